The minimum absolute atomic E-state index is 0.000280. The van der Waals surface area contributed by atoms with E-state index in [1.807, 2.05) is 57.6 Å². The zero-order valence-electron chi connectivity index (χ0n) is 36.1. The Balaban J connectivity index is 4.63. The summed E-state index contributed by atoms with van der Waals surface area (Å²) in [4.78, 5) is 35.3. The molecule has 0 heterocycles. The number of aliphatic hydroxyl groups excluding tert-OH is 1. The highest BCUT2D eigenvalue weighted by atomic mass is 31.2. The third-order valence-corrected chi connectivity index (χ3v) is 9.46. The van der Waals surface area contributed by atoms with E-state index in [9.17, 15) is 24.2 Å². The van der Waals surface area contributed by atoms with E-state index in [0.29, 0.717) is 36.7 Å². The first-order valence-electron chi connectivity index (χ1n) is 21.4. The highest BCUT2D eigenvalue weighted by Gasteiger charge is 2.27. The van der Waals surface area contributed by atoms with Crippen LogP contribution in [0.2, 0.25) is 0 Å². The van der Waals surface area contributed by atoms with Gasteiger partial charge < -0.3 is 24.0 Å². The molecule has 0 saturated heterocycles. The maximum atomic E-state index is 12.7. The van der Waals surface area contributed by atoms with Crippen LogP contribution in [0.4, 0.5) is 0 Å². The number of likely N-dealkylation sites (N-methyl/N-ethyl adjacent to an activating group) is 1. The van der Waals surface area contributed by atoms with E-state index in [0.717, 1.165) is 44.9 Å². The van der Waals surface area contributed by atoms with Gasteiger partial charge in [0.25, 0.3) is 0 Å². The van der Waals surface area contributed by atoms with Crippen molar-refractivity contribution in [3.63, 3.8) is 0 Å². The van der Waals surface area contributed by atoms with Gasteiger partial charge in [-0.3, -0.25) is 18.6 Å². The van der Waals surface area contributed by atoms with Gasteiger partial charge in [0.15, 0.2) is 6.10 Å². The standard InChI is InChI=1S/C46H78NO9P/c1-6-8-10-12-14-15-16-17-18-19-20-21-25-29-33-37-45(49)53-41-44(42-55-57(51,52)54-40-39-47(3,4)5)56-46(50)38-34-30-26-23-22-24-28-32-36-43(48)35-31-27-13-11-9-7-2/h14-15,17-18,20-21,23-24,26-28,31-32,36,43-44,48H,6-13,16,19,22,25,29-30,33-35,37-42H2,1-5H3/p+1/b15-14-,18-17-,21-20-,26-23-,28-24-,31-27-,36-32+/t43-,44+/m0/s1. The molecule has 0 aliphatic carbocycles. The maximum absolute atomic E-state index is 12.7. The van der Waals surface area contributed by atoms with E-state index in [1.54, 1.807) is 6.08 Å². The summed E-state index contributed by atoms with van der Waals surface area (Å²) in [7, 11) is 1.37. The summed E-state index contributed by atoms with van der Waals surface area (Å²) in [6, 6.07) is 0. The number of phosphoric ester groups is 1. The van der Waals surface area contributed by atoms with Gasteiger partial charge in [0.1, 0.15) is 19.8 Å². The van der Waals surface area contributed by atoms with Gasteiger partial charge in [0, 0.05) is 12.8 Å². The zero-order valence-corrected chi connectivity index (χ0v) is 37.0. The average molecular weight is 821 g/mol. The fourth-order valence-corrected chi connectivity index (χ4v) is 5.78. The minimum atomic E-state index is -4.42. The molecule has 0 aliphatic heterocycles. The van der Waals surface area contributed by atoms with Crippen molar-refractivity contribution >= 4 is 19.8 Å². The molecule has 2 N–H and O–H groups in total. The molecule has 326 valence electrons. The van der Waals surface area contributed by atoms with Gasteiger partial charge in [-0.05, 0) is 83.5 Å². The highest BCUT2D eigenvalue weighted by molar-refractivity contribution is 7.47. The van der Waals surface area contributed by atoms with Crippen LogP contribution in [0.15, 0.2) is 85.1 Å². The summed E-state index contributed by atoms with van der Waals surface area (Å²) >= 11 is 0. The molecule has 0 amide bonds. The van der Waals surface area contributed by atoms with Crippen molar-refractivity contribution < 1.29 is 47.2 Å². The fourth-order valence-electron chi connectivity index (χ4n) is 5.04. The Kier molecular flexibility index (Phi) is 35.6. The van der Waals surface area contributed by atoms with Crippen molar-refractivity contribution in [3.8, 4) is 0 Å². The van der Waals surface area contributed by atoms with Gasteiger partial charge in [0.05, 0.1) is 33.9 Å². The van der Waals surface area contributed by atoms with E-state index in [1.165, 1.54) is 38.5 Å². The molecule has 0 fully saturated rings. The van der Waals surface area contributed by atoms with Crippen LogP contribution in [0.25, 0.3) is 0 Å². The number of unbranched alkanes of at least 4 members (excludes halogenated alkanes) is 9. The number of nitrogens with zero attached hydrogens (tertiary/aromatic N) is 1. The third-order valence-electron chi connectivity index (χ3n) is 8.48. The lowest BCUT2D eigenvalue weighted by atomic mass is 10.1. The first-order chi connectivity index (χ1) is 27.4. The molecular formula is C46H79NO9P+. The van der Waals surface area contributed by atoms with Gasteiger partial charge >= 0.3 is 19.8 Å². The predicted molar refractivity (Wildman–Crippen MR) is 235 cm³/mol. The van der Waals surface area contributed by atoms with Gasteiger partial charge in [-0.2, -0.15) is 0 Å². The molecule has 57 heavy (non-hydrogen) atoms. The lowest BCUT2D eigenvalue weighted by Crippen LogP contribution is -2.37. The topological polar surface area (TPSA) is 129 Å². The molecule has 3 atom stereocenters. The molecule has 0 bridgehead atoms. The molecule has 0 radical (unpaired) electrons. The van der Waals surface area contributed by atoms with Crippen LogP contribution in [-0.4, -0.2) is 86.1 Å². The van der Waals surface area contributed by atoms with Crippen LogP contribution in [0.5, 0.6) is 0 Å². The predicted octanol–water partition coefficient (Wildman–Crippen LogP) is 11.0. The Hall–Kier alpha value is -2.85. The number of hydrogen-bond acceptors (Lipinski definition) is 8. The second kappa shape index (κ2) is 37.4. The van der Waals surface area contributed by atoms with E-state index >= 15 is 0 Å². The Morgan fingerprint density at radius 3 is 1.75 bits per heavy atom. The number of aliphatic hydroxyl groups is 1. The van der Waals surface area contributed by atoms with Crippen LogP contribution in [0.1, 0.15) is 136 Å². The van der Waals surface area contributed by atoms with Crippen LogP contribution in [-0.2, 0) is 32.7 Å². The Bertz CT molecular complexity index is 1260. The SMILES string of the molecule is CCCCC/C=C\C/C=C\C/C=C\CCCCC(=O)OC[C@H](COP(=O)(O)OCC[N+](C)(C)C)OC(=O)CCC/C=C\C/C=C\C=C\[C@@H](O)C/C=C\CCCCC. The summed E-state index contributed by atoms with van der Waals surface area (Å²) < 4.78 is 34.1. The first-order valence-corrected chi connectivity index (χ1v) is 22.9. The Morgan fingerprint density at radius 2 is 1.16 bits per heavy atom. The molecule has 0 aromatic carbocycles. The molecule has 0 aromatic heterocycles. The van der Waals surface area contributed by atoms with Gasteiger partial charge in [0.2, 0.25) is 0 Å². The fraction of sp³-hybridized carbons (Fsp3) is 0.652. The van der Waals surface area contributed by atoms with Crippen LogP contribution in [0.3, 0.4) is 0 Å². The van der Waals surface area contributed by atoms with Crippen molar-refractivity contribution in [3.05, 3.63) is 85.1 Å². The van der Waals surface area contributed by atoms with Crippen LogP contribution in [0, 0.1) is 0 Å². The highest BCUT2D eigenvalue weighted by Crippen LogP contribution is 2.43. The zero-order chi connectivity index (χ0) is 42.3. The van der Waals surface area contributed by atoms with Crippen molar-refractivity contribution in [2.75, 3.05) is 47.5 Å². The summed E-state index contributed by atoms with van der Waals surface area (Å²) in [5.74, 6) is -0.958. The molecule has 0 aliphatic rings. The third kappa shape index (κ3) is 41.1. The molecule has 0 rings (SSSR count). The van der Waals surface area contributed by atoms with E-state index in [2.05, 4.69) is 56.4 Å². The largest absolute Gasteiger partial charge is 0.472 e. The van der Waals surface area contributed by atoms with E-state index < -0.39 is 38.6 Å². The second-order valence-corrected chi connectivity index (χ2v) is 16.7. The monoisotopic (exact) mass is 821 g/mol. The number of quaternary nitrogens is 1. The van der Waals surface area contributed by atoms with Crippen LogP contribution < -0.4 is 0 Å². The summed E-state index contributed by atoms with van der Waals surface area (Å²) in [5, 5.41) is 10.0. The molecule has 1 unspecified atom stereocenters. The first kappa shape index (κ1) is 54.2. The lowest BCUT2D eigenvalue weighted by molar-refractivity contribution is -0.870. The molecule has 10 nitrogen and oxygen atoms in total. The maximum Gasteiger partial charge on any atom is 0.472 e. The number of carbonyl (C=O) groups is 2. The number of rotatable bonds is 37. The number of hydrogen-bond donors (Lipinski definition) is 2. The Labute approximate surface area is 346 Å². The van der Waals surface area contributed by atoms with E-state index in [-0.39, 0.29) is 26.1 Å². The number of allylic oxidation sites excluding steroid dienone is 12. The molecular weight excluding hydrogens is 741 g/mol. The molecule has 11 heteroatoms. The van der Waals surface area contributed by atoms with Crippen molar-refractivity contribution in [2.24, 2.45) is 0 Å². The number of ether oxygens (including phenoxy) is 2. The van der Waals surface area contributed by atoms with Crippen molar-refractivity contribution in [2.45, 2.75) is 148 Å². The lowest BCUT2D eigenvalue weighted by Gasteiger charge is -2.24. The number of esters is 2. The quantitative estimate of drug-likeness (QED) is 0.0157. The number of carbonyl (C=O) groups excluding carboxylic acids is 2. The summed E-state index contributed by atoms with van der Waals surface area (Å²) in [6.07, 6.45) is 43.8. The van der Waals surface area contributed by atoms with E-state index in [4.69, 9.17) is 18.5 Å². The van der Waals surface area contributed by atoms with Gasteiger partial charge in [-0.25, -0.2) is 4.57 Å². The summed E-state index contributed by atoms with van der Waals surface area (Å²) in [6.45, 7) is 4.13. The van der Waals surface area contributed by atoms with Gasteiger partial charge in [-0.1, -0.05) is 125 Å². The summed E-state index contributed by atoms with van der Waals surface area (Å²) in [5.41, 5.74) is 0. The molecule has 0 spiro atoms. The minimum Gasteiger partial charge on any atom is -0.462 e. The molecule has 0 saturated carbocycles. The second-order valence-electron chi connectivity index (χ2n) is 15.2. The Morgan fingerprint density at radius 1 is 0.632 bits per heavy atom. The smallest absolute Gasteiger partial charge is 0.462 e. The van der Waals surface area contributed by atoms with Crippen molar-refractivity contribution in [1.29, 1.82) is 0 Å². The molecule has 0 aromatic rings. The average Bonchev–Trinajstić information content (AvgIpc) is 3.15. The normalized spacial score (nSPS) is 15.0. The van der Waals surface area contributed by atoms with Crippen LogP contribution >= 0.6 is 7.82 Å². The van der Waals surface area contributed by atoms with Crippen molar-refractivity contribution in [1.82, 2.24) is 0 Å². The number of phosphoric acid groups is 1. The van der Waals surface area contributed by atoms with Gasteiger partial charge in [-0.15, -0.1) is 0 Å².